The topological polar surface area (TPSA) is 66.6 Å². The molecule has 0 spiro atoms. The molecular weight excluding hydrogens is 223 g/mol. The number of β-amino-alcohol motifs (C(OH)–C–C–N with tert-alkyl or cyclic N) is 1. The van der Waals surface area contributed by atoms with Crippen molar-refractivity contribution >= 4 is 11.6 Å². The third-order valence-electron chi connectivity index (χ3n) is 3.08. The molecule has 92 valence electrons. The van der Waals surface area contributed by atoms with Gasteiger partial charge >= 0.3 is 0 Å². The van der Waals surface area contributed by atoms with Crippen LogP contribution in [-0.2, 0) is 0 Å². The molecule has 0 aliphatic carbocycles. The maximum Gasteiger partial charge on any atom is 0.254 e. The van der Waals surface area contributed by atoms with Crippen LogP contribution in [0.25, 0.3) is 0 Å². The van der Waals surface area contributed by atoms with Crippen molar-refractivity contribution in [3.8, 4) is 0 Å². The molecule has 1 aliphatic heterocycles. The molecule has 0 aromatic heterocycles. The van der Waals surface area contributed by atoms with Crippen LogP contribution < -0.4 is 5.73 Å². The van der Waals surface area contributed by atoms with E-state index in [1.54, 1.807) is 6.92 Å². The maximum absolute atomic E-state index is 13.5. The zero-order chi connectivity index (χ0) is 12.6. The third-order valence-corrected chi connectivity index (χ3v) is 3.08. The van der Waals surface area contributed by atoms with Crippen molar-refractivity contribution in [1.82, 2.24) is 4.90 Å². The minimum Gasteiger partial charge on any atom is -0.398 e. The normalized spacial score (nSPS) is 19.7. The minimum atomic E-state index is -0.480. The molecule has 0 bridgehead atoms. The molecule has 1 atom stereocenters. The van der Waals surface area contributed by atoms with Crippen molar-refractivity contribution in [3.63, 3.8) is 0 Å². The second-order valence-electron chi connectivity index (χ2n) is 4.37. The minimum absolute atomic E-state index is 0.236. The largest absolute Gasteiger partial charge is 0.398 e. The highest BCUT2D eigenvalue weighted by Gasteiger charge is 2.26. The lowest BCUT2D eigenvalue weighted by molar-refractivity contribution is 0.0764. The van der Waals surface area contributed by atoms with Gasteiger partial charge in [-0.05, 0) is 25.5 Å². The molecule has 5 heteroatoms. The molecule has 1 unspecified atom stereocenters. The summed E-state index contributed by atoms with van der Waals surface area (Å²) in [4.78, 5) is 13.5. The van der Waals surface area contributed by atoms with E-state index in [1.807, 2.05) is 0 Å². The van der Waals surface area contributed by atoms with E-state index in [9.17, 15) is 14.3 Å². The average molecular weight is 238 g/mol. The molecule has 1 aliphatic rings. The Hall–Kier alpha value is -1.62. The number of anilines is 1. The van der Waals surface area contributed by atoms with Crippen LogP contribution in [0.3, 0.4) is 0 Å². The Kier molecular flexibility index (Phi) is 3.02. The van der Waals surface area contributed by atoms with Gasteiger partial charge in [0.15, 0.2) is 0 Å². The van der Waals surface area contributed by atoms with Crippen molar-refractivity contribution in [2.75, 3.05) is 18.8 Å². The molecule has 1 fully saturated rings. The SMILES string of the molecule is Cc1c(N)cc(C(=O)N2CCC(O)C2)cc1F. The first-order valence-electron chi connectivity index (χ1n) is 5.52. The lowest BCUT2D eigenvalue weighted by Gasteiger charge is -2.16. The van der Waals surface area contributed by atoms with Crippen LogP contribution in [0.15, 0.2) is 12.1 Å². The van der Waals surface area contributed by atoms with Gasteiger partial charge in [-0.15, -0.1) is 0 Å². The fraction of sp³-hybridized carbons (Fsp3) is 0.417. The predicted molar refractivity (Wildman–Crippen MR) is 62.1 cm³/mol. The van der Waals surface area contributed by atoms with Crippen LogP contribution in [-0.4, -0.2) is 35.1 Å². The second-order valence-corrected chi connectivity index (χ2v) is 4.37. The maximum atomic E-state index is 13.5. The Morgan fingerprint density at radius 3 is 2.82 bits per heavy atom. The molecule has 4 nitrogen and oxygen atoms in total. The monoisotopic (exact) mass is 238 g/mol. The Morgan fingerprint density at radius 1 is 1.59 bits per heavy atom. The molecule has 2 rings (SSSR count). The Labute approximate surface area is 98.8 Å². The number of rotatable bonds is 1. The van der Waals surface area contributed by atoms with Gasteiger partial charge in [-0.3, -0.25) is 4.79 Å². The van der Waals surface area contributed by atoms with Crippen molar-refractivity contribution in [2.45, 2.75) is 19.4 Å². The lowest BCUT2D eigenvalue weighted by Crippen LogP contribution is -2.29. The molecule has 0 saturated carbocycles. The summed E-state index contributed by atoms with van der Waals surface area (Å²) < 4.78 is 13.5. The number of likely N-dealkylation sites (tertiary alicyclic amines) is 1. The van der Waals surface area contributed by atoms with Gasteiger partial charge in [-0.2, -0.15) is 0 Å². The second kappa shape index (κ2) is 4.33. The average Bonchev–Trinajstić information content (AvgIpc) is 2.71. The molecule has 1 heterocycles. The highest BCUT2D eigenvalue weighted by molar-refractivity contribution is 5.95. The Morgan fingerprint density at radius 2 is 2.29 bits per heavy atom. The van der Waals surface area contributed by atoms with Crippen molar-refractivity contribution in [3.05, 3.63) is 29.1 Å². The van der Waals surface area contributed by atoms with Crippen molar-refractivity contribution < 1.29 is 14.3 Å². The summed E-state index contributed by atoms with van der Waals surface area (Å²) in [7, 11) is 0. The number of benzene rings is 1. The van der Waals surface area contributed by atoms with E-state index in [0.29, 0.717) is 25.1 Å². The number of nitrogen functional groups attached to an aromatic ring is 1. The summed E-state index contributed by atoms with van der Waals surface area (Å²) >= 11 is 0. The number of carbonyl (C=O) groups excluding carboxylic acids is 1. The van der Waals surface area contributed by atoms with Crippen LogP contribution in [0.1, 0.15) is 22.3 Å². The van der Waals surface area contributed by atoms with Crippen LogP contribution in [0, 0.1) is 12.7 Å². The molecule has 0 radical (unpaired) electrons. The number of halogens is 1. The fourth-order valence-corrected chi connectivity index (χ4v) is 1.93. The van der Waals surface area contributed by atoms with Crippen LogP contribution >= 0.6 is 0 Å². The first-order chi connectivity index (χ1) is 7.99. The van der Waals surface area contributed by atoms with Gasteiger partial charge < -0.3 is 15.7 Å². The van der Waals surface area contributed by atoms with E-state index in [-0.39, 0.29) is 17.2 Å². The zero-order valence-electron chi connectivity index (χ0n) is 9.61. The first-order valence-corrected chi connectivity index (χ1v) is 5.52. The van der Waals surface area contributed by atoms with E-state index >= 15 is 0 Å². The summed E-state index contributed by atoms with van der Waals surface area (Å²) in [5, 5.41) is 9.36. The van der Waals surface area contributed by atoms with Crippen molar-refractivity contribution in [2.24, 2.45) is 0 Å². The quantitative estimate of drug-likeness (QED) is 0.715. The van der Waals surface area contributed by atoms with Crippen LogP contribution in [0.4, 0.5) is 10.1 Å². The number of hydrogen-bond donors (Lipinski definition) is 2. The molecule has 1 amide bonds. The molecule has 3 N–H and O–H groups in total. The van der Waals surface area contributed by atoms with Gasteiger partial charge in [-0.1, -0.05) is 0 Å². The first kappa shape index (κ1) is 11.9. The van der Waals surface area contributed by atoms with Gasteiger partial charge in [0.05, 0.1) is 6.10 Å². The van der Waals surface area contributed by atoms with E-state index < -0.39 is 11.9 Å². The number of aliphatic hydroxyl groups is 1. The molecule has 1 aromatic carbocycles. The summed E-state index contributed by atoms with van der Waals surface area (Å²) in [6, 6.07) is 2.67. The van der Waals surface area contributed by atoms with E-state index in [0.717, 1.165) is 0 Å². The number of carbonyl (C=O) groups is 1. The number of nitrogens with two attached hydrogens (primary N) is 1. The van der Waals surface area contributed by atoms with Gasteiger partial charge in [0.1, 0.15) is 5.82 Å². The lowest BCUT2D eigenvalue weighted by atomic mass is 10.1. The Bertz CT molecular complexity index is 439. The highest BCUT2D eigenvalue weighted by Crippen LogP contribution is 2.20. The molecular formula is C12H15FN2O2. The third kappa shape index (κ3) is 2.24. The van der Waals surface area contributed by atoms with Crippen LogP contribution in [0.5, 0.6) is 0 Å². The Balaban J connectivity index is 2.25. The zero-order valence-corrected chi connectivity index (χ0v) is 9.61. The van der Waals surface area contributed by atoms with Gasteiger partial charge in [0, 0.05) is 29.9 Å². The molecule has 1 aromatic rings. The van der Waals surface area contributed by atoms with Crippen LogP contribution in [0.2, 0.25) is 0 Å². The summed E-state index contributed by atoms with van der Waals surface area (Å²) in [5.41, 5.74) is 6.48. The van der Waals surface area contributed by atoms with Gasteiger partial charge in [0.25, 0.3) is 5.91 Å². The standard InChI is InChI=1S/C12H15FN2O2/c1-7-10(13)4-8(5-11(7)14)12(17)15-3-2-9(16)6-15/h4-5,9,16H,2-3,6,14H2,1H3. The highest BCUT2D eigenvalue weighted by atomic mass is 19.1. The number of amides is 1. The summed E-state index contributed by atoms with van der Waals surface area (Å²) in [5.74, 6) is -0.764. The van der Waals surface area contributed by atoms with E-state index in [2.05, 4.69) is 0 Å². The smallest absolute Gasteiger partial charge is 0.254 e. The summed E-state index contributed by atoms with van der Waals surface area (Å²) in [6.45, 7) is 2.36. The fourth-order valence-electron chi connectivity index (χ4n) is 1.93. The predicted octanol–water partition coefficient (Wildman–Crippen LogP) is 0.923. The summed E-state index contributed by atoms with van der Waals surface area (Å²) in [6.07, 6.45) is 0.0850. The van der Waals surface area contributed by atoms with Crippen molar-refractivity contribution in [1.29, 1.82) is 0 Å². The van der Waals surface area contributed by atoms with Gasteiger partial charge in [0.2, 0.25) is 0 Å². The van der Waals surface area contributed by atoms with Gasteiger partial charge in [-0.25, -0.2) is 4.39 Å². The van der Waals surface area contributed by atoms with E-state index in [4.69, 9.17) is 5.73 Å². The number of nitrogens with zero attached hydrogens (tertiary/aromatic N) is 1. The number of hydrogen-bond acceptors (Lipinski definition) is 3. The molecule has 1 saturated heterocycles. The number of aliphatic hydroxyl groups excluding tert-OH is 1. The van der Waals surface area contributed by atoms with E-state index in [1.165, 1.54) is 17.0 Å². The molecule has 17 heavy (non-hydrogen) atoms.